The van der Waals surface area contributed by atoms with Crippen LogP contribution in [0.2, 0.25) is 0 Å². The largest absolute Gasteiger partial charge is 0.341 e. The minimum Gasteiger partial charge on any atom is -0.341 e. The van der Waals surface area contributed by atoms with E-state index in [4.69, 9.17) is 23.2 Å². The first-order valence-corrected chi connectivity index (χ1v) is 5.63. The number of halogens is 2. The lowest BCUT2D eigenvalue weighted by atomic mass is 10.3. The highest BCUT2D eigenvalue weighted by molar-refractivity contribution is 6.35. The molecule has 0 aliphatic rings. The normalized spacial score (nSPS) is 12.6. The summed E-state index contributed by atoms with van der Waals surface area (Å²) < 4.78 is 0. The monoisotopic (exact) mass is 225 g/mol. The zero-order chi connectivity index (χ0) is 10.3. The minimum absolute atomic E-state index is 0.0413. The van der Waals surface area contributed by atoms with Crippen molar-refractivity contribution in [3.63, 3.8) is 0 Å². The molecule has 0 aromatic rings. The van der Waals surface area contributed by atoms with Crippen LogP contribution >= 0.6 is 23.2 Å². The summed E-state index contributed by atoms with van der Waals surface area (Å²) in [6.45, 7) is 5.62. The van der Waals surface area contributed by atoms with Crippen molar-refractivity contribution >= 4 is 29.1 Å². The summed E-state index contributed by atoms with van der Waals surface area (Å²) in [6.07, 6.45) is 1.91. The van der Waals surface area contributed by atoms with Gasteiger partial charge in [0.2, 0.25) is 5.91 Å². The quantitative estimate of drug-likeness (QED) is 0.637. The third-order valence-corrected chi connectivity index (χ3v) is 2.51. The van der Waals surface area contributed by atoms with Crippen LogP contribution < -0.4 is 0 Å². The minimum atomic E-state index is -0.570. The Bertz CT molecular complexity index is 147. The van der Waals surface area contributed by atoms with E-state index in [1.54, 1.807) is 4.90 Å². The lowest BCUT2D eigenvalue weighted by Gasteiger charge is -2.23. The van der Waals surface area contributed by atoms with Crippen molar-refractivity contribution in [1.29, 1.82) is 0 Å². The van der Waals surface area contributed by atoms with Gasteiger partial charge in [-0.1, -0.05) is 13.8 Å². The van der Waals surface area contributed by atoms with Crippen LogP contribution in [0.5, 0.6) is 0 Å². The van der Waals surface area contributed by atoms with Gasteiger partial charge in [0.05, 0.1) is 0 Å². The predicted octanol–water partition coefficient (Wildman–Crippen LogP) is 2.48. The van der Waals surface area contributed by atoms with Crippen LogP contribution in [-0.4, -0.2) is 35.2 Å². The molecule has 1 atom stereocenters. The molecule has 0 heterocycles. The zero-order valence-electron chi connectivity index (χ0n) is 8.22. The standard InChI is InChI=1S/C9H17Cl2NO/c1-3-5-12(6-4-2)9(13)8(11)7-10/h8H,3-7H2,1-2H3/t8-/m0/s1. The molecule has 13 heavy (non-hydrogen) atoms. The van der Waals surface area contributed by atoms with Crippen molar-refractivity contribution in [2.75, 3.05) is 19.0 Å². The molecule has 0 N–H and O–H groups in total. The Kier molecular flexibility index (Phi) is 7.48. The van der Waals surface area contributed by atoms with E-state index in [1.807, 2.05) is 13.8 Å². The molecular formula is C9H17Cl2NO. The van der Waals surface area contributed by atoms with Crippen molar-refractivity contribution < 1.29 is 4.79 Å². The van der Waals surface area contributed by atoms with Gasteiger partial charge in [0, 0.05) is 19.0 Å². The van der Waals surface area contributed by atoms with Crippen LogP contribution in [0.3, 0.4) is 0 Å². The molecule has 0 fully saturated rings. The van der Waals surface area contributed by atoms with E-state index in [1.165, 1.54) is 0 Å². The van der Waals surface area contributed by atoms with Gasteiger partial charge in [-0.05, 0) is 12.8 Å². The summed E-state index contributed by atoms with van der Waals surface area (Å²) in [5.74, 6) is 0.144. The van der Waals surface area contributed by atoms with E-state index in [-0.39, 0.29) is 11.8 Å². The van der Waals surface area contributed by atoms with Crippen molar-refractivity contribution in [2.45, 2.75) is 32.1 Å². The molecule has 78 valence electrons. The second kappa shape index (κ2) is 7.45. The summed E-state index contributed by atoms with van der Waals surface area (Å²) in [4.78, 5) is 13.3. The number of amides is 1. The van der Waals surface area contributed by atoms with Crippen LogP contribution in [0.25, 0.3) is 0 Å². The van der Waals surface area contributed by atoms with Crippen LogP contribution in [0.1, 0.15) is 26.7 Å². The maximum absolute atomic E-state index is 11.6. The highest BCUT2D eigenvalue weighted by Gasteiger charge is 2.19. The molecule has 1 amide bonds. The lowest BCUT2D eigenvalue weighted by Crippen LogP contribution is -2.38. The van der Waals surface area contributed by atoms with Gasteiger partial charge in [-0.15, -0.1) is 23.2 Å². The van der Waals surface area contributed by atoms with Crippen LogP contribution in [0, 0.1) is 0 Å². The summed E-state index contributed by atoms with van der Waals surface area (Å²) in [6, 6.07) is 0. The number of carbonyl (C=O) groups excluding carboxylic acids is 1. The number of rotatable bonds is 6. The molecule has 4 heteroatoms. The zero-order valence-corrected chi connectivity index (χ0v) is 9.74. The second-order valence-electron chi connectivity index (χ2n) is 2.95. The van der Waals surface area contributed by atoms with Crippen molar-refractivity contribution in [3.05, 3.63) is 0 Å². The fourth-order valence-electron chi connectivity index (χ4n) is 1.14. The van der Waals surface area contributed by atoms with Gasteiger partial charge in [-0.25, -0.2) is 0 Å². The van der Waals surface area contributed by atoms with E-state index in [0.29, 0.717) is 0 Å². The summed E-state index contributed by atoms with van der Waals surface area (Å²) in [7, 11) is 0. The molecule has 0 aliphatic heterocycles. The molecule has 0 aromatic heterocycles. The molecule has 0 unspecified atom stereocenters. The maximum atomic E-state index is 11.6. The number of hydrogen-bond acceptors (Lipinski definition) is 1. The Morgan fingerprint density at radius 3 is 2.08 bits per heavy atom. The molecule has 0 aliphatic carbocycles. The average Bonchev–Trinajstić information content (AvgIpc) is 2.15. The Balaban J connectivity index is 4.09. The van der Waals surface area contributed by atoms with E-state index in [2.05, 4.69) is 0 Å². The van der Waals surface area contributed by atoms with Gasteiger partial charge in [0.15, 0.2) is 0 Å². The number of carbonyl (C=O) groups is 1. The predicted molar refractivity (Wildman–Crippen MR) is 57.5 cm³/mol. The fraction of sp³-hybridized carbons (Fsp3) is 0.889. The van der Waals surface area contributed by atoms with Gasteiger partial charge in [-0.2, -0.15) is 0 Å². The van der Waals surface area contributed by atoms with E-state index in [9.17, 15) is 4.79 Å². The third kappa shape index (κ3) is 4.72. The Labute approximate surface area is 90.2 Å². The second-order valence-corrected chi connectivity index (χ2v) is 3.78. The summed E-state index contributed by atoms with van der Waals surface area (Å²) in [5.41, 5.74) is 0. The summed E-state index contributed by atoms with van der Waals surface area (Å²) in [5, 5.41) is -0.570. The van der Waals surface area contributed by atoms with Crippen LogP contribution in [-0.2, 0) is 4.79 Å². The van der Waals surface area contributed by atoms with Crippen molar-refractivity contribution in [3.8, 4) is 0 Å². The topological polar surface area (TPSA) is 20.3 Å². The van der Waals surface area contributed by atoms with Crippen LogP contribution in [0.15, 0.2) is 0 Å². The average molecular weight is 226 g/mol. The first-order chi connectivity index (χ1) is 6.17. The molecule has 0 radical (unpaired) electrons. The Hall–Kier alpha value is 0.0500. The van der Waals surface area contributed by atoms with Gasteiger partial charge in [-0.3, -0.25) is 4.79 Å². The van der Waals surface area contributed by atoms with E-state index < -0.39 is 5.38 Å². The van der Waals surface area contributed by atoms with Crippen LogP contribution in [0.4, 0.5) is 0 Å². The first-order valence-electron chi connectivity index (χ1n) is 4.66. The molecule has 0 aromatic carbocycles. The maximum Gasteiger partial charge on any atom is 0.241 e. The number of nitrogens with zero attached hydrogens (tertiary/aromatic N) is 1. The van der Waals surface area contributed by atoms with Gasteiger partial charge in [0.1, 0.15) is 5.38 Å². The smallest absolute Gasteiger partial charge is 0.241 e. The third-order valence-electron chi connectivity index (χ3n) is 1.70. The molecule has 0 saturated heterocycles. The van der Waals surface area contributed by atoms with Gasteiger partial charge < -0.3 is 4.90 Å². The molecule has 2 nitrogen and oxygen atoms in total. The molecular weight excluding hydrogens is 209 g/mol. The Morgan fingerprint density at radius 1 is 1.31 bits per heavy atom. The van der Waals surface area contributed by atoms with E-state index in [0.717, 1.165) is 25.9 Å². The lowest BCUT2D eigenvalue weighted by molar-refractivity contribution is -0.130. The van der Waals surface area contributed by atoms with E-state index >= 15 is 0 Å². The molecule has 0 spiro atoms. The molecule has 0 saturated carbocycles. The Morgan fingerprint density at radius 2 is 1.77 bits per heavy atom. The summed E-state index contributed by atoms with van der Waals surface area (Å²) >= 11 is 11.3. The van der Waals surface area contributed by atoms with Gasteiger partial charge >= 0.3 is 0 Å². The van der Waals surface area contributed by atoms with Crippen molar-refractivity contribution in [1.82, 2.24) is 4.90 Å². The molecule has 0 bridgehead atoms. The molecule has 0 rings (SSSR count). The fourth-order valence-corrected chi connectivity index (χ4v) is 1.41. The first kappa shape index (κ1) is 13.1. The van der Waals surface area contributed by atoms with Gasteiger partial charge in [0.25, 0.3) is 0 Å². The number of alkyl halides is 2. The number of hydrogen-bond donors (Lipinski definition) is 0. The highest BCUT2D eigenvalue weighted by Crippen LogP contribution is 2.06. The highest BCUT2D eigenvalue weighted by atomic mass is 35.5. The van der Waals surface area contributed by atoms with Crippen molar-refractivity contribution in [2.24, 2.45) is 0 Å². The SMILES string of the molecule is CCCN(CCC)C(=O)[C@@H](Cl)CCl.